The Balaban J connectivity index is 1.82. The van der Waals surface area contributed by atoms with Crippen LogP contribution in [0.4, 0.5) is 0 Å². The van der Waals surface area contributed by atoms with Gasteiger partial charge in [0.25, 0.3) is 5.91 Å². The first-order valence-electron chi connectivity index (χ1n) is 11.9. The molecule has 34 heavy (non-hydrogen) atoms. The van der Waals surface area contributed by atoms with Gasteiger partial charge in [-0.3, -0.25) is 9.59 Å². The number of carbonyl (C=O) groups excluding carboxylic acids is 2. The van der Waals surface area contributed by atoms with Gasteiger partial charge in [-0.15, -0.1) is 0 Å². The molecule has 2 amide bonds. The second kappa shape index (κ2) is 11.9. The minimum Gasteiger partial charge on any atom is -0.483 e. The lowest BCUT2D eigenvalue weighted by molar-refractivity contribution is -0.143. The zero-order chi connectivity index (χ0) is 24.8. The fourth-order valence-electron chi connectivity index (χ4n) is 4.49. The van der Waals surface area contributed by atoms with Gasteiger partial charge in [-0.1, -0.05) is 55.1 Å². The molecule has 2 aromatic rings. The molecular weight excluding hydrogens is 471 g/mol. The summed E-state index contributed by atoms with van der Waals surface area (Å²) in [5, 5.41) is 4.01. The van der Waals surface area contributed by atoms with Gasteiger partial charge in [0.15, 0.2) is 6.61 Å². The van der Waals surface area contributed by atoms with Crippen LogP contribution in [0.1, 0.15) is 61.3 Å². The molecule has 1 aliphatic carbocycles. The van der Waals surface area contributed by atoms with Crippen LogP contribution in [0.3, 0.4) is 0 Å². The number of nitrogens with zero attached hydrogens (tertiary/aromatic N) is 1. The minimum absolute atomic E-state index is 0.120. The largest absolute Gasteiger partial charge is 0.483 e. The number of amides is 2. The van der Waals surface area contributed by atoms with E-state index in [4.69, 9.17) is 27.9 Å². The fourth-order valence-corrected chi connectivity index (χ4v) is 4.82. The van der Waals surface area contributed by atoms with Crippen molar-refractivity contribution in [2.45, 2.75) is 78.4 Å². The summed E-state index contributed by atoms with van der Waals surface area (Å²) in [4.78, 5) is 28.3. The second-order valence-corrected chi connectivity index (χ2v) is 9.99. The van der Waals surface area contributed by atoms with E-state index in [1.807, 2.05) is 39.8 Å². The standard InChI is InChI=1S/C27H34Cl2N2O3/c1-5-24(27(33)30-21-8-6-7-9-21)31(15-20-10-11-22(28)23(29)14-20)26(32)16-34-25-13-17(2)12-18(3)19(25)4/h10-14,21,24H,5-9,15-16H2,1-4H3,(H,30,33)/t24-/m1/s1. The van der Waals surface area contributed by atoms with Gasteiger partial charge in [0.1, 0.15) is 11.8 Å². The number of aryl methyl sites for hydroxylation is 2. The maximum Gasteiger partial charge on any atom is 0.261 e. The molecule has 0 saturated heterocycles. The highest BCUT2D eigenvalue weighted by atomic mass is 35.5. The maximum absolute atomic E-state index is 13.5. The van der Waals surface area contributed by atoms with Crippen molar-refractivity contribution in [3.05, 3.63) is 62.6 Å². The Morgan fingerprint density at radius 1 is 1.09 bits per heavy atom. The van der Waals surface area contributed by atoms with Crippen LogP contribution in [0.5, 0.6) is 5.75 Å². The molecule has 1 atom stereocenters. The van der Waals surface area contributed by atoms with Crippen LogP contribution < -0.4 is 10.1 Å². The van der Waals surface area contributed by atoms with Crippen LogP contribution in [0, 0.1) is 20.8 Å². The van der Waals surface area contributed by atoms with Crippen LogP contribution in [0.25, 0.3) is 0 Å². The molecular formula is C27H34Cl2N2O3. The van der Waals surface area contributed by atoms with Crippen molar-refractivity contribution in [3.8, 4) is 5.75 Å². The highest BCUT2D eigenvalue weighted by Crippen LogP contribution is 2.26. The molecule has 0 radical (unpaired) electrons. The number of carbonyl (C=O) groups is 2. The molecule has 184 valence electrons. The number of hydrogen-bond acceptors (Lipinski definition) is 3. The fraction of sp³-hybridized carbons (Fsp3) is 0.481. The Morgan fingerprint density at radius 3 is 2.44 bits per heavy atom. The van der Waals surface area contributed by atoms with E-state index in [-0.39, 0.29) is 31.0 Å². The molecule has 1 aliphatic rings. The smallest absolute Gasteiger partial charge is 0.261 e. The number of hydrogen-bond donors (Lipinski definition) is 1. The molecule has 5 nitrogen and oxygen atoms in total. The minimum atomic E-state index is -0.605. The summed E-state index contributed by atoms with van der Waals surface area (Å²) in [6.45, 7) is 8.00. The predicted molar refractivity (Wildman–Crippen MR) is 138 cm³/mol. The van der Waals surface area contributed by atoms with Gasteiger partial charge in [-0.05, 0) is 80.5 Å². The van der Waals surface area contributed by atoms with Crippen molar-refractivity contribution in [3.63, 3.8) is 0 Å². The molecule has 0 aromatic heterocycles. The third-order valence-electron chi connectivity index (χ3n) is 6.54. The van der Waals surface area contributed by atoms with E-state index < -0.39 is 6.04 Å². The maximum atomic E-state index is 13.5. The Bertz CT molecular complexity index is 1030. The number of ether oxygens (including phenoxy) is 1. The first-order valence-corrected chi connectivity index (χ1v) is 12.7. The Hall–Kier alpha value is -2.24. The molecule has 2 aromatic carbocycles. The molecule has 0 unspecified atom stereocenters. The highest BCUT2D eigenvalue weighted by molar-refractivity contribution is 6.42. The highest BCUT2D eigenvalue weighted by Gasteiger charge is 2.31. The van der Waals surface area contributed by atoms with Gasteiger partial charge in [0, 0.05) is 12.6 Å². The number of halogens is 2. The van der Waals surface area contributed by atoms with Crippen molar-refractivity contribution in [2.75, 3.05) is 6.61 Å². The summed E-state index contributed by atoms with van der Waals surface area (Å²) in [5.41, 5.74) is 3.98. The van der Waals surface area contributed by atoms with Crippen molar-refractivity contribution in [2.24, 2.45) is 0 Å². The first kappa shape index (κ1) is 26.4. The topological polar surface area (TPSA) is 58.6 Å². The van der Waals surface area contributed by atoms with Gasteiger partial charge in [-0.25, -0.2) is 0 Å². The third-order valence-corrected chi connectivity index (χ3v) is 7.28. The normalized spacial score (nSPS) is 14.6. The molecule has 3 rings (SSSR count). The van der Waals surface area contributed by atoms with E-state index in [0.717, 1.165) is 47.9 Å². The Kier molecular flexibility index (Phi) is 9.26. The number of nitrogens with one attached hydrogen (secondary N) is 1. The molecule has 7 heteroatoms. The van der Waals surface area contributed by atoms with Gasteiger partial charge in [0.05, 0.1) is 10.0 Å². The lowest BCUT2D eigenvalue weighted by atomic mass is 10.1. The van der Waals surface area contributed by atoms with Crippen LogP contribution in [0.2, 0.25) is 10.0 Å². The van der Waals surface area contributed by atoms with Crippen molar-refractivity contribution < 1.29 is 14.3 Å². The predicted octanol–water partition coefficient (Wildman–Crippen LogP) is 6.16. The molecule has 1 N–H and O–H groups in total. The first-order chi connectivity index (χ1) is 16.2. The van der Waals surface area contributed by atoms with Crippen molar-refractivity contribution >= 4 is 35.0 Å². The Labute approximate surface area is 212 Å². The van der Waals surface area contributed by atoms with Crippen LogP contribution in [-0.2, 0) is 16.1 Å². The summed E-state index contributed by atoms with van der Waals surface area (Å²) in [6, 6.07) is 8.86. The van der Waals surface area contributed by atoms with Crippen molar-refractivity contribution in [1.29, 1.82) is 0 Å². The quantitative estimate of drug-likeness (QED) is 0.444. The summed E-state index contributed by atoms with van der Waals surface area (Å²) in [5.74, 6) is 0.312. The third kappa shape index (κ3) is 6.67. The monoisotopic (exact) mass is 504 g/mol. The SMILES string of the molecule is CC[C@H](C(=O)NC1CCCC1)N(Cc1ccc(Cl)c(Cl)c1)C(=O)COc1cc(C)cc(C)c1C. The van der Waals surface area contributed by atoms with E-state index in [0.29, 0.717) is 22.2 Å². The van der Waals surface area contributed by atoms with E-state index in [9.17, 15) is 9.59 Å². The number of rotatable bonds is 9. The average Bonchev–Trinajstić information content (AvgIpc) is 3.30. The molecule has 0 aliphatic heterocycles. The van der Waals surface area contributed by atoms with Gasteiger partial charge in [-0.2, -0.15) is 0 Å². The molecule has 0 spiro atoms. The van der Waals surface area contributed by atoms with Gasteiger partial charge in [0.2, 0.25) is 5.91 Å². The Morgan fingerprint density at radius 2 is 1.79 bits per heavy atom. The lowest BCUT2D eigenvalue weighted by Gasteiger charge is -2.31. The summed E-state index contributed by atoms with van der Waals surface area (Å²) >= 11 is 12.3. The number of benzene rings is 2. The zero-order valence-corrected chi connectivity index (χ0v) is 21.9. The van der Waals surface area contributed by atoms with Gasteiger partial charge < -0.3 is 15.0 Å². The van der Waals surface area contributed by atoms with Crippen LogP contribution >= 0.6 is 23.2 Å². The zero-order valence-electron chi connectivity index (χ0n) is 20.4. The average molecular weight is 505 g/mol. The summed E-state index contributed by atoms with van der Waals surface area (Å²) < 4.78 is 5.96. The van der Waals surface area contributed by atoms with Crippen LogP contribution in [-0.4, -0.2) is 35.4 Å². The van der Waals surface area contributed by atoms with E-state index in [1.54, 1.807) is 17.0 Å². The molecule has 1 fully saturated rings. The van der Waals surface area contributed by atoms with Crippen molar-refractivity contribution in [1.82, 2.24) is 10.2 Å². The van der Waals surface area contributed by atoms with E-state index in [2.05, 4.69) is 11.4 Å². The van der Waals surface area contributed by atoms with E-state index in [1.165, 1.54) is 0 Å². The van der Waals surface area contributed by atoms with Gasteiger partial charge >= 0.3 is 0 Å². The molecule has 1 saturated carbocycles. The summed E-state index contributed by atoms with van der Waals surface area (Å²) in [7, 11) is 0. The molecule has 0 heterocycles. The molecule has 0 bridgehead atoms. The summed E-state index contributed by atoms with van der Waals surface area (Å²) in [6.07, 6.45) is 4.71. The second-order valence-electron chi connectivity index (χ2n) is 9.18. The van der Waals surface area contributed by atoms with Crippen LogP contribution in [0.15, 0.2) is 30.3 Å². The van der Waals surface area contributed by atoms with E-state index >= 15 is 0 Å². The lowest BCUT2D eigenvalue weighted by Crippen LogP contribution is -2.52.